The number of ketones is 1. The van der Waals surface area contributed by atoms with Crippen LogP contribution in [-0.2, 0) is 6.42 Å². The molecule has 18 heavy (non-hydrogen) atoms. The lowest BCUT2D eigenvalue weighted by atomic mass is 9.83. The van der Waals surface area contributed by atoms with Crippen molar-refractivity contribution in [3.63, 3.8) is 0 Å². The van der Waals surface area contributed by atoms with Crippen molar-refractivity contribution in [1.82, 2.24) is 5.32 Å². The van der Waals surface area contributed by atoms with Gasteiger partial charge in [-0.3, -0.25) is 4.79 Å². The number of hydrogen-bond donors (Lipinski definition) is 1. The fraction of sp³-hybridized carbons (Fsp3) is 0.562. The molecule has 0 radical (unpaired) electrons. The van der Waals surface area contributed by atoms with Crippen LogP contribution in [0.25, 0.3) is 0 Å². The number of carbonyl (C=O) groups excluding carboxylic acids is 1. The summed E-state index contributed by atoms with van der Waals surface area (Å²) in [5.74, 6) is 1.59. The standard InChI is InChI=1S/C16H23NO/c1-11(2)7-13-5-4-6-14(8-13)16(18)12(3)15-9-17-10-15/h4-6,8,11-12,15,17H,7,9-10H2,1-3H3. The van der Waals surface area contributed by atoms with E-state index in [2.05, 4.69) is 38.2 Å². The van der Waals surface area contributed by atoms with E-state index in [9.17, 15) is 4.79 Å². The van der Waals surface area contributed by atoms with Gasteiger partial charge in [0.2, 0.25) is 0 Å². The van der Waals surface area contributed by atoms with E-state index >= 15 is 0 Å². The van der Waals surface area contributed by atoms with Crippen LogP contribution in [0.15, 0.2) is 24.3 Å². The lowest BCUT2D eigenvalue weighted by Gasteiger charge is -2.31. The molecule has 1 aromatic carbocycles. The summed E-state index contributed by atoms with van der Waals surface area (Å²) in [6.45, 7) is 8.44. The first-order valence-electron chi connectivity index (χ1n) is 6.91. The van der Waals surface area contributed by atoms with Crippen molar-refractivity contribution in [3.05, 3.63) is 35.4 Å². The molecule has 1 N–H and O–H groups in total. The van der Waals surface area contributed by atoms with Crippen LogP contribution in [-0.4, -0.2) is 18.9 Å². The van der Waals surface area contributed by atoms with E-state index in [1.54, 1.807) is 0 Å². The van der Waals surface area contributed by atoms with Gasteiger partial charge in [0.25, 0.3) is 0 Å². The molecule has 0 saturated carbocycles. The Bertz CT molecular complexity index is 421. The Morgan fingerprint density at radius 1 is 1.33 bits per heavy atom. The second-order valence-corrected chi connectivity index (χ2v) is 5.87. The van der Waals surface area contributed by atoms with Crippen LogP contribution in [0.5, 0.6) is 0 Å². The van der Waals surface area contributed by atoms with E-state index in [1.165, 1.54) is 5.56 Å². The van der Waals surface area contributed by atoms with Crippen LogP contribution in [0, 0.1) is 17.8 Å². The molecule has 1 saturated heterocycles. The predicted molar refractivity (Wildman–Crippen MR) is 74.8 cm³/mol. The molecule has 0 aromatic heterocycles. The van der Waals surface area contributed by atoms with Gasteiger partial charge in [-0.1, -0.05) is 39.0 Å². The molecule has 1 unspecified atom stereocenters. The van der Waals surface area contributed by atoms with Gasteiger partial charge in [0.15, 0.2) is 5.78 Å². The highest BCUT2D eigenvalue weighted by molar-refractivity contribution is 5.98. The maximum Gasteiger partial charge on any atom is 0.166 e. The molecule has 1 atom stereocenters. The molecule has 2 nitrogen and oxygen atoms in total. The normalized spacial score (nSPS) is 17.6. The Balaban J connectivity index is 2.09. The zero-order valence-electron chi connectivity index (χ0n) is 11.6. The first-order chi connectivity index (χ1) is 8.58. The quantitative estimate of drug-likeness (QED) is 0.808. The van der Waals surface area contributed by atoms with Gasteiger partial charge in [0, 0.05) is 11.5 Å². The largest absolute Gasteiger partial charge is 0.316 e. The molecule has 1 aliphatic heterocycles. The Kier molecular flexibility index (Phi) is 4.18. The monoisotopic (exact) mass is 245 g/mol. The molecule has 2 rings (SSSR count). The second-order valence-electron chi connectivity index (χ2n) is 5.87. The molecule has 1 fully saturated rings. The topological polar surface area (TPSA) is 29.1 Å². The lowest BCUT2D eigenvalue weighted by Crippen LogP contribution is -2.47. The predicted octanol–water partition coefficient (Wildman–Crippen LogP) is 2.92. The summed E-state index contributed by atoms with van der Waals surface area (Å²) in [5.41, 5.74) is 2.15. The molecule has 1 aliphatic rings. The zero-order valence-corrected chi connectivity index (χ0v) is 11.6. The Morgan fingerprint density at radius 3 is 2.61 bits per heavy atom. The molecule has 1 heterocycles. The minimum atomic E-state index is 0.139. The maximum absolute atomic E-state index is 12.4. The van der Waals surface area contributed by atoms with Crippen molar-refractivity contribution in [2.75, 3.05) is 13.1 Å². The van der Waals surface area contributed by atoms with E-state index < -0.39 is 0 Å². The number of nitrogens with one attached hydrogen (secondary N) is 1. The van der Waals surface area contributed by atoms with E-state index in [-0.39, 0.29) is 5.92 Å². The number of carbonyl (C=O) groups is 1. The van der Waals surface area contributed by atoms with Crippen LogP contribution >= 0.6 is 0 Å². The third-order valence-electron chi connectivity index (χ3n) is 3.79. The average molecular weight is 245 g/mol. The van der Waals surface area contributed by atoms with E-state index in [0.29, 0.717) is 17.6 Å². The van der Waals surface area contributed by atoms with Crippen LogP contribution in [0.4, 0.5) is 0 Å². The summed E-state index contributed by atoms with van der Waals surface area (Å²) < 4.78 is 0. The lowest BCUT2D eigenvalue weighted by molar-refractivity contribution is 0.0854. The van der Waals surface area contributed by atoms with Crippen molar-refractivity contribution in [1.29, 1.82) is 0 Å². The molecular weight excluding hydrogens is 222 g/mol. The Labute approximate surface area is 110 Å². The first-order valence-corrected chi connectivity index (χ1v) is 6.91. The summed E-state index contributed by atoms with van der Waals surface area (Å²) >= 11 is 0. The van der Waals surface area contributed by atoms with E-state index in [0.717, 1.165) is 25.1 Å². The zero-order chi connectivity index (χ0) is 13.1. The minimum Gasteiger partial charge on any atom is -0.316 e. The highest BCUT2D eigenvalue weighted by Gasteiger charge is 2.29. The van der Waals surface area contributed by atoms with E-state index in [1.807, 2.05) is 12.1 Å². The van der Waals surface area contributed by atoms with E-state index in [4.69, 9.17) is 0 Å². The van der Waals surface area contributed by atoms with Crippen molar-refractivity contribution in [2.45, 2.75) is 27.2 Å². The van der Waals surface area contributed by atoms with Gasteiger partial charge in [-0.25, -0.2) is 0 Å². The third kappa shape index (κ3) is 2.99. The van der Waals surface area contributed by atoms with Crippen molar-refractivity contribution >= 4 is 5.78 Å². The van der Waals surface area contributed by atoms with Crippen molar-refractivity contribution in [2.24, 2.45) is 17.8 Å². The fourth-order valence-electron chi connectivity index (χ4n) is 2.46. The van der Waals surface area contributed by atoms with Gasteiger partial charge in [0.05, 0.1) is 0 Å². The van der Waals surface area contributed by atoms with Gasteiger partial charge in [-0.15, -0.1) is 0 Å². The summed E-state index contributed by atoms with van der Waals surface area (Å²) in [5, 5.41) is 3.23. The maximum atomic E-state index is 12.4. The SMILES string of the molecule is CC(C)Cc1cccc(C(=O)C(C)C2CNC2)c1. The second kappa shape index (κ2) is 5.66. The highest BCUT2D eigenvalue weighted by atomic mass is 16.1. The van der Waals surface area contributed by atoms with Crippen LogP contribution in [0.2, 0.25) is 0 Å². The summed E-state index contributed by atoms with van der Waals surface area (Å²) in [6, 6.07) is 8.16. The Morgan fingerprint density at radius 2 is 2.06 bits per heavy atom. The Hall–Kier alpha value is -1.15. The molecule has 0 amide bonds. The molecule has 2 heteroatoms. The molecular formula is C16H23NO. The smallest absolute Gasteiger partial charge is 0.166 e. The molecule has 0 bridgehead atoms. The molecule has 98 valence electrons. The fourth-order valence-corrected chi connectivity index (χ4v) is 2.46. The number of Topliss-reactive ketones (excluding diaryl/α,β-unsaturated/α-hetero) is 1. The summed E-state index contributed by atoms with van der Waals surface area (Å²) in [6.07, 6.45) is 1.04. The number of rotatable bonds is 5. The van der Waals surface area contributed by atoms with Crippen LogP contribution < -0.4 is 5.32 Å². The first kappa shape index (κ1) is 13.3. The van der Waals surface area contributed by atoms with Crippen LogP contribution in [0.1, 0.15) is 36.7 Å². The number of hydrogen-bond acceptors (Lipinski definition) is 2. The van der Waals surface area contributed by atoms with Crippen LogP contribution in [0.3, 0.4) is 0 Å². The van der Waals surface area contributed by atoms with Gasteiger partial charge in [-0.05, 0) is 43.0 Å². The summed E-state index contributed by atoms with van der Waals surface area (Å²) in [7, 11) is 0. The minimum absolute atomic E-state index is 0.139. The average Bonchev–Trinajstić information content (AvgIpc) is 2.25. The number of benzene rings is 1. The highest BCUT2D eigenvalue weighted by Crippen LogP contribution is 2.21. The third-order valence-corrected chi connectivity index (χ3v) is 3.79. The molecule has 0 spiro atoms. The van der Waals surface area contributed by atoms with Gasteiger partial charge < -0.3 is 5.32 Å². The van der Waals surface area contributed by atoms with Crippen molar-refractivity contribution < 1.29 is 4.79 Å². The van der Waals surface area contributed by atoms with Gasteiger partial charge >= 0.3 is 0 Å². The van der Waals surface area contributed by atoms with Gasteiger partial charge in [-0.2, -0.15) is 0 Å². The molecule has 1 aromatic rings. The molecule has 0 aliphatic carbocycles. The van der Waals surface area contributed by atoms with Crippen molar-refractivity contribution in [3.8, 4) is 0 Å². The van der Waals surface area contributed by atoms with Gasteiger partial charge in [0.1, 0.15) is 0 Å². The summed E-state index contributed by atoms with van der Waals surface area (Å²) in [4.78, 5) is 12.4.